The van der Waals surface area contributed by atoms with E-state index in [0.717, 1.165) is 17.1 Å². The number of ether oxygens (including phenoxy) is 2. The van der Waals surface area contributed by atoms with E-state index < -0.39 is 48.0 Å². The molecule has 0 bridgehead atoms. The van der Waals surface area contributed by atoms with Crippen molar-refractivity contribution in [2.75, 3.05) is 25.6 Å². The summed E-state index contributed by atoms with van der Waals surface area (Å²) in [5.74, 6) is -3.66. The van der Waals surface area contributed by atoms with E-state index in [9.17, 15) is 32.3 Å². The molecule has 1 atom stereocenters. The first-order valence-electron chi connectivity index (χ1n) is 10.1. The number of alkyl halides is 3. The van der Waals surface area contributed by atoms with Crippen molar-refractivity contribution < 1.29 is 41.8 Å². The van der Waals surface area contributed by atoms with Crippen LogP contribution in [0.2, 0.25) is 5.02 Å². The molecule has 35 heavy (non-hydrogen) atoms. The van der Waals surface area contributed by atoms with E-state index >= 15 is 0 Å². The molecule has 0 unspecified atom stereocenters. The van der Waals surface area contributed by atoms with Gasteiger partial charge in [-0.05, 0) is 30.3 Å². The van der Waals surface area contributed by atoms with Crippen LogP contribution in [0.3, 0.4) is 0 Å². The average molecular weight is 514 g/mol. The molecule has 9 nitrogen and oxygen atoms in total. The highest BCUT2D eigenvalue weighted by atomic mass is 35.5. The number of nitrogens with zero attached hydrogens (tertiary/aromatic N) is 1. The third-order valence-corrected chi connectivity index (χ3v) is 5.29. The van der Waals surface area contributed by atoms with Gasteiger partial charge in [0, 0.05) is 6.42 Å². The maximum atomic E-state index is 12.9. The van der Waals surface area contributed by atoms with Gasteiger partial charge in [0.2, 0.25) is 5.91 Å². The Morgan fingerprint density at radius 3 is 2.57 bits per heavy atom. The summed E-state index contributed by atoms with van der Waals surface area (Å²) in [6.45, 7) is -1.01. The largest absolute Gasteiger partial charge is 0.496 e. The smallest absolute Gasteiger partial charge is 0.416 e. The number of amides is 3. The lowest BCUT2D eigenvalue weighted by Crippen LogP contribution is -2.43. The fraction of sp³-hybridized carbons (Fsp3) is 0.273. The Morgan fingerprint density at radius 2 is 1.89 bits per heavy atom. The molecule has 186 valence electrons. The van der Waals surface area contributed by atoms with E-state index in [4.69, 9.17) is 21.1 Å². The second-order valence-electron chi connectivity index (χ2n) is 7.39. The summed E-state index contributed by atoms with van der Waals surface area (Å²) >= 11 is 5.82. The van der Waals surface area contributed by atoms with Crippen molar-refractivity contribution in [1.29, 1.82) is 0 Å². The molecule has 1 aliphatic rings. The highest BCUT2D eigenvalue weighted by molar-refractivity contribution is 6.33. The maximum Gasteiger partial charge on any atom is 0.416 e. The van der Waals surface area contributed by atoms with Crippen LogP contribution in [0.1, 0.15) is 22.3 Å². The van der Waals surface area contributed by atoms with Crippen LogP contribution in [0.25, 0.3) is 0 Å². The number of nitrogens with one attached hydrogen (secondary N) is 2. The fourth-order valence-electron chi connectivity index (χ4n) is 3.23. The first kappa shape index (κ1) is 25.8. The summed E-state index contributed by atoms with van der Waals surface area (Å²) in [5.41, 5.74) is 1.25. The van der Waals surface area contributed by atoms with E-state index in [0.29, 0.717) is 11.8 Å². The van der Waals surface area contributed by atoms with E-state index in [1.807, 2.05) is 0 Å². The number of methoxy groups -OCH3 is 1. The molecule has 2 N–H and O–H groups in total. The van der Waals surface area contributed by atoms with Crippen LogP contribution in [0.15, 0.2) is 42.5 Å². The lowest BCUT2D eigenvalue weighted by Gasteiger charge is -2.18. The van der Waals surface area contributed by atoms with Crippen molar-refractivity contribution >= 4 is 41.0 Å². The zero-order valence-corrected chi connectivity index (χ0v) is 18.9. The van der Waals surface area contributed by atoms with Crippen LogP contribution in [0.4, 0.5) is 18.9 Å². The number of anilines is 1. The summed E-state index contributed by atoms with van der Waals surface area (Å²) in [5, 5.41) is 2.97. The van der Waals surface area contributed by atoms with Crippen LogP contribution < -0.4 is 15.5 Å². The van der Waals surface area contributed by atoms with Crippen molar-refractivity contribution in [3.63, 3.8) is 0 Å². The molecule has 1 aliphatic heterocycles. The minimum absolute atomic E-state index is 0.138. The highest BCUT2D eigenvalue weighted by Crippen LogP contribution is 2.33. The summed E-state index contributed by atoms with van der Waals surface area (Å²) < 4.78 is 48.6. The number of rotatable bonds is 7. The monoisotopic (exact) mass is 513 g/mol. The summed E-state index contributed by atoms with van der Waals surface area (Å²) in [6.07, 6.45) is -4.91. The van der Waals surface area contributed by atoms with Gasteiger partial charge in [0.25, 0.3) is 11.8 Å². The lowest BCUT2D eigenvalue weighted by molar-refractivity contribution is -0.151. The molecule has 1 saturated heterocycles. The van der Waals surface area contributed by atoms with Crippen molar-refractivity contribution in [1.82, 2.24) is 10.4 Å². The average Bonchev–Trinajstić information content (AvgIpc) is 3.18. The van der Waals surface area contributed by atoms with Gasteiger partial charge in [-0.3, -0.25) is 29.6 Å². The number of carbonyl (C=O) groups is 4. The Labute approximate surface area is 202 Å². The first-order chi connectivity index (χ1) is 16.5. The number of hydrogen-bond donors (Lipinski definition) is 2. The number of para-hydroxylation sites is 1. The van der Waals surface area contributed by atoms with Gasteiger partial charge in [0.05, 0.1) is 41.4 Å². The maximum absolute atomic E-state index is 12.9. The van der Waals surface area contributed by atoms with Gasteiger partial charge >= 0.3 is 12.1 Å². The van der Waals surface area contributed by atoms with E-state index in [2.05, 4.69) is 10.7 Å². The standard InChI is InChI=1S/C22H19ClF3N3O6/c1-34-17-5-3-2-4-14(17)20(32)28-29-10-12(8-19(29)31)21(33)35-11-18(30)27-16-9-13(22(24,25)26)6-7-15(16)23/h2-7,9,12H,8,10-11H2,1H3,(H,27,30)(H,28,32)/t12-/m0/s1. The van der Waals surface area contributed by atoms with Gasteiger partial charge in [-0.2, -0.15) is 13.2 Å². The van der Waals surface area contributed by atoms with Gasteiger partial charge in [-0.1, -0.05) is 23.7 Å². The highest BCUT2D eigenvalue weighted by Gasteiger charge is 2.37. The SMILES string of the molecule is COc1ccccc1C(=O)NN1C[C@@H](C(=O)OCC(=O)Nc2cc(C(F)(F)F)ccc2Cl)CC1=O. The van der Waals surface area contributed by atoms with Crippen molar-refractivity contribution in [2.24, 2.45) is 5.92 Å². The van der Waals surface area contributed by atoms with Gasteiger partial charge in [0.1, 0.15) is 5.75 Å². The third kappa shape index (κ3) is 6.41. The normalized spacial score (nSPS) is 15.5. The number of carbonyl (C=O) groups excluding carboxylic acids is 4. The Hall–Kier alpha value is -3.80. The topological polar surface area (TPSA) is 114 Å². The molecule has 0 radical (unpaired) electrons. The molecule has 1 fully saturated rings. The van der Waals surface area contributed by atoms with E-state index in [-0.39, 0.29) is 29.2 Å². The number of benzene rings is 2. The molecule has 0 aliphatic carbocycles. The Bertz CT molecular complexity index is 1160. The molecule has 2 aromatic rings. The predicted molar refractivity (Wildman–Crippen MR) is 116 cm³/mol. The van der Waals surface area contributed by atoms with E-state index in [1.165, 1.54) is 13.2 Å². The molecule has 0 saturated carbocycles. The minimum Gasteiger partial charge on any atom is -0.496 e. The van der Waals surface area contributed by atoms with Crippen LogP contribution in [0.5, 0.6) is 5.75 Å². The Balaban J connectivity index is 1.53. The number of hydrogen-bond acceptors (Lipinski definition) is 6. The van der Waals surface area contributed by atoms with Gasteiger partial charge in [0.15, 0.2) is 6.61 Å². The fourth-order valence-corrected chi connectivity index (χ4v) is 3.39. The van der Waals surface area contributed by atoms with Crippen LogP contribution >= 0.6 is 11.6 Å². The number of halogens is 4. The summed E-state index contributed by atoms with van der Waals surface area (Å²) in [4.78, 5) is 49.1. The zero-order valence-electron chi connectivity index (χ0n) is 18.1. The second-order valence-corrected chi connectivity index (χ2v) is 7.80. The molecular weight excluding hydrogens is 495 g/mol. The molecule has 2 aromatic carbocycles. The van der Waals surface area contributed by atoms with Crippen molar-refractivity contribution in [3.05, 3.63) is 58.6 Å². The predicted octanol–water partition coefficient (Wildman–Crippen LogP) is 3.04. The lowest BCUT2D eigenvalue weighted by atomic mass is 10.1. The Kier molecular flexibility index (Phi) is 7.85. The summed E-state index contributed by atoms with van der Waals surface area (Å²) in [6, 6.07) is 8.73. The minimum atomic E-state index is -4.64. The third-order valence-electron chi connectivity index (χ3n) is 4.96. The second kappa shape index (κ2) is 10.6. The van der Waals surface area contributed by atoms with E-state index in [1.54, 1.807) is 18.2 Å². The quantitative estimate of drug-likeness (QED) is 0.550. The van der Waals surface area contributed by atoms with Crippen LogP contribution in [-0.4, -0.2) is 49.0 Å². The number of hydrazine groups is 1. The molecule has 3 rings (SSSR count). The van der Waals surface area contributed by atoms with Crippen molar-refractivity contribution in [3.8, 4) is 5.75 Å². The molecule has 1 heterocycles. The van der Waals surface area contributed by atoms with Gasteiger partial charge < -0.3 is 14.8 Å². The molecule has 3 amide bonds. The van der Waals surface area contributed by atoms with Crippen LogP contribution in [0, 0.1) is 5.92 Å². The van der Waals surface area contributed by atoms with Gasteiger partial charge in [-0.15, -0.1) is 0 Å². The number of esters is 1. The zero-order chi connectivity index (χ0) is 25.8. The first-order valence-corrected chi connectivity index (χ1v) is 10.4. The Morgan fingerprint density at radius 1 is 1.17 bits per heavy atom. The molecule has 0 aromatic heterocycles. The van der Waals surface area contributed by atoms with Crippen LogP contribution in [-0.2, 0) is 25.3 Å². The van der Waals surface area contributed by atoms with Crippen molar-refractivity contribution in [2.45, 2.75) is 12.6 Å². The molecular formula is C22H19ClF3N3O6. The molecule has 13 heteroatoms. The summed E-state index contributed by atoms with van der Waals surface area (Å²) in [7, 11) is 1.39. The molecule has 0 spiro atoms. The van der Waals surface area contributed by atoms with Gasteiger partial charge in [-0.25, -0.2) is 0 Å².